The molecule has 0 bridgehead atoms. The van der Waals surface area contributed by atoms with Gasteiger partial charge in [-0.25, -0.2) is 5.43 Å². The van der Waals surface area contributed by atoms with Crippen molar-refractivity contribution in [3.63, 3.8) is 0 Å². The summed E-state index contributed by atoms with van der Waals surface area (Å²) >= 11 is 1.99. The Balaban J connectivity index is 1.51. The van der Waals surface area contributed by atoms with Crippen LogP contribution in [0.4, 0.5) is 0 Å². The second-order valence-electron chi connectivity index (χ2n) is 6.03. The zero-order valence-corrected chi connectivity index (χ0v) is 17.8. The second kappa shape index (κ2) is 9.92. The third-order valence-corrected chi connectivity index (χ3v) is 4.83. The van der Waals surface area contributed by atoms with E-state index in [-0.39, 0.29) is 18.3 Å². The minimum atomic E-state index is -0.381. The number of hydrazone groups is 1. The first-order chi connectivity index (χ1) is 14.1. The monoisotopic (exact) mass is 502 g/mol. The Bertz CT molecular complexity index is 1010. The Morgan fingerprint density at radius 3 is 2.48 bits per heavy atom. The van der Waals surface area contributed by atoms with Crippen molar-refractivity contribution in [2.24, 2.45) is 5.10 Å². The molecule has 0 saturated carbocycles. The van der Waals surface area contributed by atoms with Crippen LogP contribution in [0.3, 0.4) is 0 Å². The number of hydrogen-bond acceptors (Lipinski definition) is 5. The van der Waals surface area contributed by atoms with Gasteiger partial charge in [0.1, 0.15) is 5.75 Å². The van der Waals surface area contributed by atoms with Gasteiger partial charge in [0.2, 0.25) is 0 Å². The van der Waals surface area contributed by atoms with E-state index < -0.39 is 0 Å². The highest BCUT2D eigenvalue weighted by Crippen LogP contribution is 2.31. The average molecular weight is 502 g/mol. The molecule has 29 heavy (non-hydrogen) atoms. The number of rotatable bonds is 7. The first kappa shape index (κ1) is 20.7. The molecule has 0 aliphatic rings. The molecule has 6 nitrogen and oxygen atoms in total. The van der Waals surface area contributed by atoms with E-state index in [9.17, 15) is 9.90 Å². The molecule has 0 aromatic heterocycles. The number of hydrogen-bond donors (Lipinski definition) is 2. The maximum Gasteiger partial charge on any atom is 0.277 e. The number of carbonyl (C=O) groups is 1. The van der Waals surface area contributed by atoms with Crippen LogP contribution in [0, 0.1) is 3.57 Å². The molecule has 0 fully saturated rings. The zero-order valence-electron chi connectivity index (χ0n) is 15.6. The fraction of sp³-hybridized carbons (Fsp3) is 0.0909. The van der Waals surface area contributed by atoms with Gasteiger partial charge in [0, 0.05) is 0 Å². The summed E-state index contributed by atoms with van der Waals surface area (Å²) in [5.74, 6) is 0.628. The van der Waals surface area contributed by atoms with Crippen LogP contribution < -0.4 is 14.9 Å². The van der Waals surface area contributed by atoms with Gasteiger partial charge >= 0.3 is 0 Å². The number of aromatic hydroxyl groups is 1. The molecule has 148 valence electrons. The normalized spacial score (nSPS) is 10.7. The standard InChI is InChI=1S/C22H19IN2O4/c1-28-20-12-15(11-19(23)22(20)27)13-24-25-21(26)14-29-18-9-7-17(8-10-18)16-5-3-2-4-6-16/h2-13,27H,14H2,1H3,(H,25,26)/b24-13-. The Kier molecular flexibility index (Phi) is 7.07. The van der Waals surface area contributed by atoms with Crippen molar-refractivity contribution in [2.75, 3.05) is 13.7 Å². The van der Waals surface area contributed by atoms with Crippen molar-refractivity contribution in [3.05, 3.63) is 75.9 Å². The lowest BCUT2D eigenvalue weighted by molar-refractivity contribution is -0.123. The van der Waals surface area contributed by atoms with Crippen LogP contribution in [-0.2, 0) is 4.79 Å². The lowest BCUT2D eigenvalue weighted by Gasteiger charge is -2.07. The van der Waals surface area contributed by atoms with Crippen LogP contribution in [0.15, 0.2) is 71.8 Å². The minimum absolute atomic E-state index is 0.0703. The summed E-state index contributed by atoms with van der Waals surface area (Å²) in [7, 11) is 1.47. The Hall–Kier alpha value is -3.07. The molecule has 0 heterocycles. The third kappa shape index (κ3) is 5.71. The number of nitrogens with one attached hydrogen (secondary N) is 1. The molecule has 3 aromatic rings. The van der Waals surface area contributed by atoms with Crippen LogP contribution in [0.2, 0.25) is 0 Å². The topological polar surface area (TPSA) is 80.2 Å². The summed E-state index contributed by atoms with van der Waals surface area (Å²) in [6.07, 6.45) is 1.47. The fourth-order valence-corrected chi connectivity index (χ4v) is 3.18. The van der Waals surface area contributed by atoms with Gasteiger partial charge in [-0.15, -0.1) is 0 Å². The minimum Gasteiger partial charge on any atom is -0.504 e. The quantitative estimate of drug-likeness (QED) is 0.289. The highest BCUT2D eigenvalue weighted by Gasteiger charge is 2.07. The molecule has 1 amide bonds. The number of nitrogens with zero attached hydrogens (tertiary/aromatic N) is 1. The second-order valence-corrected chi connectivity index (χ2v) is 7.19. The number of methoxy groups -OCH3 is 1. The molecule has 0 spiro atoms. The maximum atomic E-state index is 11.9. The number of ether oxygens (including phenoxy) is 2. The van der Waals surface area contributed by atoms with E-state index in [1.807, 2.05) is 77.2 Å². The number of carbonyl (C=O) groups excluding carboxylic acids is 1. The van der Waals surface area contributed by atoms with E-state index in [2.05, 4.69) is 10.5 Å². The Labute approximate surface area is 182 Å². The predicted molar refractivity (Wildman–Crippen MR) is 120 cm³/mol. The van der Waals surface area contributed by atoms with Gasteiger partial charge in [-0.05, 0) is 63.5 Å². The Morgan fingerprint density at radius 1 is 1.10 bits per heavy atom. The van der Waals surface area contributed by atoms with Gasteiger partial charge < -0.3 is 14.6 Å². The van der Waals surface area contributed by atoms with Crippen molar-refractivity contribution in [1.29, 1.82) is 0 Å². The summed E-state index contributed by atoms with van der Waals surface area (Å²) in [6, 6.07) is 20.9. The molecule has 0 aliphatic heterocycles. The molecule has 0 aliphatic carbocycles. The third-order valence-electron chi connectivity index (χ3n) is 4.00. The molecule has 0 unspecified atom stereocenters. The molecule has 0 saturated heterocycles. The van der Waals surface area contributed by atoms with Crippen molar-refractivity contribution in [3.8, 4) is 28.4 Å². The van der Waals surface area contributed by atoms with E-state index in [1.54, 1.807) is 12.1 Å². The van der Waals surface area contributed by atoms with Gasteiger partial charge in [0.25, 0.3) is 5.91 Å². The van der Waals surface area contributed by atoms with E-state index in [0.717, 1.165) is 11.1 Å². The summed E-state index contributed by atoms with van der Waals surface area (Å²) in [5.41, 5.74) is 5.28. The van der Waals surface area contributed by atoms with Gasteiger partial charge in [-0.3, -0.25) is 4.79 Å². The first-order valence-electron chi connectivity index (χ1n) is 8.73. The molecule has 3 rings (SSSR count). The van der Waals surface area contributed by atoms with E-state index in [4.69, 9.17) is 9.47 Å². The van der Waals surface area contributed by atoms with Crippen LogP contribution >= 0.6 is 22.6 Å². The van der Waals surface area contributed by atoms with E-state index >= 15 is 0 Å². The number of amides is 1. The number of benzene rings is 3. The molecule has 2 N–H and O–H groups in total. The van der Waals surface area contributed by atoms with Crippen LogP contribution in [0.25, 0.3) is 11.1 Å². The van der Waals surface area contributed by atoms with Gasteiger partial charge in [0.15, 0.2) is 18.1 Å². The van der Waals surface area contributed by atoms with E-state index in [1.165, 1.54) is 13.3 Å². The van der Waals surface area contributed by atoms with E-state index in [0.29, 0.717) is 20.6 Å². The number of phenolic OH excluding ortho intramolecular Hbond substituents is 1. The maximum absolute atomic E-state index is 11.9. The predicted octanol–water partition coefficient (Wildman–Crippen LogP) is 4.20. The highest BCUT2D eigenvalue weighted by atomic mass is 127. The summed E-state index contributed by atoms with van der Waals surface area (Å²) < 4.78 is 11.2. The Morgan fingerprint density at radius 2 is 1.79 bits per heavy atom. The first-order valence-corrected chi connectivity index (χ1v) is 9.81. The molecule has 0 atom stereocenters. The number of phenols is 1. The zero-order chi connectivity index (χ0) is 20.6. The lowest BCUT2D eigenvalue weighted by atomic mass is 10.1. The molecular weight excluding hydrogens is 483 g/mol. The number of halogens is 1. The largest absolute Gasteiger partial charge is 0.504 e. The summed E-state index contributed by atoms with van der Waals surface area (Å²) in [6.45, 7) is -0.154. The van der Waals surface area contributed by atoms with Crippen LogP contribution in [0.5, 0.6) is 17.2 Å². The van der Waals surface area contributed by atoms with Crippen molar-refractivity contribution < 1.29 is 19.4 Å². The summed E-state index contributed by atoms with van der Waals surface area (Å²) in [4.78, 5) is 11.9. The molecule has 0 radical (unpaired) electrons. The van der Waals surface area contributed by atoms with Crippen molar-refractivity contribution in [1.82, 2.24) is 5.43 Å². The van der Waals surface area contributed by atoms with Gasteiger partial charge in [-0.2, -0.15) is 5.10 Å². The lowest BCUT2D eigenvalue weighted by Crippen LogP contribution is -2.24. The SMILES string of the molecule is COc1cc(/C=N\NC(=O)COc2ccc(-c3ccccc3)cc2)cc(I)c1O. The van der Waals surface area contributed by atoms with Crippen LogP contribution in [-0.4, -0.2) is 30.9 Å². The van der Waals surface area contributed by atoms with Crippen molar-refractivity contribution >= 4 is 34.7 Å². The van der Waals surface area contributed by atoms with Crippen LogP contribution in [0.1, 0.15) is 5.56 Å². The van der Waals surface area contributed by atoms with Gasteiger partial charge in [0.05, 0.1) is 16.9 Å². The highest BCUT2D eigenvalue weighted by molar-refractivity contribution is 14.1. The molecule has 7 heteroatoms. The molecular formula is C22H19IN2O4. The van der Waals surface area contributed by atoms with Gasteiger partial charge in [-0.1, -0.05) is 42.5 Å². The smallest absolute Gasteiger partial charge is 0.277 e. The van der Waals surface area contributed by atoms with Crippen molar-refractivity contribution in [2.45, 2.75) is 0 Å². The summed E-state index contributed by atoms with van der Waals surface area (Å²) in [5, 5.41) is 13.7. The average Bonchev–Trinajstić information content (AvgIpc) is 2.75. The molecule has 3 aromatic carbocycles. The fourth-order valence-electron chi connectivity index (χ4n) is 2.56.